The van der Waals surface area contributed by atoms with Crippen LogP contribution in [0, 0.1) is 6.92 Å². The standard InChI is InChI=1S/C19H21N3O3/c1-13-6-7-17(25-13)15-5-3-2-4-14(15)11-21-8-9-22-16(12-21)19(24)20-10-18(22)23/h2-7,16H,8-12H2,1H3,(H,20,24). The van der Waals surface area contributed by atoms with Gasteiger partial charge in [0.1, 0.15) is 17.6 Å². The van der Waals surface area contributed by atoms with Crippen LogP contribution >= 0.6 is 0 Å². The minimum Gasteiger partial charge on any atom is -0.461 e. The molecule has 0 aliphatic carbocycles. The van der Waals surface area contributed by atoms with Crippen LogP contribution in [0.2, 0.25) is 0 Å². The van der Waals surface area contributed by atoms with Crippen LogP contribution in [0.5, 0.6) is 0 Å². The van der Waals surface area contributed by atoms with Crippen LogP contribution < -0.4 is 5.32 Å². The number of amides is 2. The molecule has 4 rings (SSSR count). The molecule has 1 unspecified atom stereocenters. The summed E-state index contributed by atoms with van der Waals surface area (Å²) in [5, 5.41) is 2.68. The van der Waals surface area contributed by atoms with Crippen molar-refractivity contribution in [3.63, 3.8) is 0 Å². The summed E-state index contributed by atoms with van der Waals surface area (Å²) < 4.78 is 5.78. The number of fused-ring (bicyclic) bond motifs is 1. The van der Waals surface area contributed by atoms with Crippen LogP contribution in [0.15, 0.2) is 40.8 Å². The first kappa shape index (κ1) is 15.9. The quantitative estimate of drug-likeness (QED) is 0.918. The first-order valence-corrected chi connectivity index (χ1v) is 8.56. The van der Waals surface area contributed by atoms with E-state index >= 15 is 0 Å². The molecule has 2 amide bonds. The highest BCUT2D eigenvalue weighted by atomic mass is 16.3. The van der Waals surface area contributed by atoms with Gasteiger partial charge in [-0.3, -0.25) is 14.5 Å². The van der Waals surface area contributed by atoms with Crippen LogP contribution in [0.25, 0.3) is 11.3 Å². The summed E-state index contributed by atoms with van der Waals surface area (Å²) in [6.45, 7) is 4.70. The van der Waals surface area contributed by atoms with Crippen LogP contribution in [0.1, 0.15) is 11.3 Å². The summed E-state index contributed by atoms with van der Waals surface area (Å²) in [4.78, 5) is 28.0. The Morgan fingerprint density at radius 3 is 2.80 bits per heavy atom. The van der Waals surface area contributed by atoms with Crippen molar-refractivity contribution >= 4 is 11.8 Å². The zero-order valence-corrected chi connectivity index (χ0v) is 14.2. The lowest BCUT2D eigenvalue weighted by atomic mass is 10.0. The highest BCUT2D eigenvalue weighted by Gasteiger charge is 2.38. The second kappa shape index (κ2) is 6.37. The van der Waals surface area contributed by atoms with Crippen molar-refractivity contribution in [2.24, 2.45) is 0 Å². The minimum atomic E-state index is -0.381. The molecule has 2 aliphatic heterocycles. The van der Waals surface area contributed by atoms with Crippen molar-refractivity contribution in [3.8, 4) is 11.3 Å². The molecule has 2 fully saturated rings. The zero-order chi connectivity index (χ0) is 17.4. The Kier molecular flexibility index (Phi) is 4.05. The highest BCUT2D eigenvalue weighted by molar-refractivity contribution is 5.95. The number of benzene rings is 1. The number of nitrogens with one attached hydrogen (secondary N) is 1. The molecule has 0 radical (unpaired) electrons. The van der Waals surface area contributed by atoms with Gasteiger partial charge >= 0.3 is 0 Å². The molecule has 3 heterocycles. The molecule has 130 valence electrons. The summed E-state index contributed by atoms with van der Waals surface area (Å²) in [5.74, 6) is 1.70. The molecule has 6 heteroatoms. The molecule has 6 nitrogen and oxygen atoms in total. The summed E-state index contributed by atoms with van der Waals surface area (Å²) in [6.07, 6.45) is 0. The Hall–Kier alpha value is -2.60. The normalized spacial score (nSPS) is 21.2. The second-order valence-electron chi connectivity index (χ2n) is 6.62. The van der Waals surface area contributed by atoms with Gasteiger partial charge in [-0.25, -0.2) is 0 Å². The molecule has 0 saturated carbocycles. The predicted molar refractivity (Wildman–Crippen MR) is 92.7 cm³/mol. The number of hydrogen-bond donors (Lipinski definition) is 1. The zero-order valence-electron chi connectivity index (χ0n) is 14.2. The molecule has 1 aromatic heterocycles. The van der Waals surface area contributed by atoms with Crippen LogP contribution in [-0.2, 0) is 16.1 Å². The monoisotopic (exact) mass is 339 g/mol. The fourth-order valence-corrected chi connectivity index (χ4v) is 3.61. The smallest absolute Gasteiger partial charge is 0.244 e. The Morgan fingerprint density at radius 2 is 2.00 bits per heavy atom. The van der Waals surface area contributed by atoms with Crippen LogP contribution in [0.3, 0.4) is 0 Å². The van der Waals surface area contributed by atoms with Crippen molar-refractivity contribution < 1.29 is 14.0 Å². The lowest BCUT2D eigenvalue weighted by Crippen LogP contribution is -2.65. The molecular formula is C19H21N3O3. The first-order chi connectivity index (χ1) is 12.1. The second-order valence-corrected chi connectivity index (χ2v) is 6.62. The molecule has 1 aromatic carbocycles. The Balaban J connectivity index is 1.54. The van der Waals surface area contributed by atoms with Gasteiger partial charge in [0.15, 0.2) is 0 Å². The third-order valence-corrected chi connectivity index (χ3v) is 4.92. The third kappa shape index (κ3) is 3.05. The first-order valence-electron chi connectivity index (χ1n) is 8.56. The van der Waals surface area contributed by atoms with Crippen molar-refractivity contribution in [3.05, 3.63) is 47.7 Å². The SMILES string of the molecule is Cc1ccc(-c2ccccc2CN2CCN3C(=O)CNC(=O)C3C2)o1. The van der Waals surface area contributed by atoms with Gasteiger partial charge in [0, 0.05) is 31.7 Å². The van der Waals surface area contributed by atoms with E-state index in [4.69, 9.17) is 4.42 Å². The maximum absolute atomic E-state index is 12.1. The number of rotatable bonds is 3. The van der Waals surface area contributed by atoms with E-state index in [1.54, 1.807) is 4.90 Å². The van der Waals surface area contributed by atoms with Crippen molar-refractivity contribution in [2.45, 2.75) is 19.5 Å². The topological polar surface area (TPSA) is 65.8 Å². The maximum Gasteiger partial charge on any atom is 0.244 e. The van der Waals surface area contributed by atoms with E-state index in [-0.39, 0.29) is 24.4 Å². The van der Waals surface area contributed by atoms with Gasteiger partial charge in [0.05, 0.1) is 6.54 Å². The Bertz CT molecular complexity index is 814. The molecule has 2 aliphatic rings. The summed E-state index contributed by atoms with van der Waals surface area (Å²) in [7, 11) is 0. The average Bonchev–Trinajstić information content (AvgIpc) is 3.05. The van der Waals surface area contributed by atoms with Crippen LogP contribution in [0.4, 0.5) is 0 Å². The van der Waals surface area contributed by atoms with Crippen molar-refractivity contribution in [1.29, 1.82) is 0 Å². The van der Waals surface area contributed by atoms with Crippen LogP contribution in [-0.4, -0.2) is 53.8 Å². The fraction of sp³-hybridized carbons (Fsp3) is 0.368. The van der Waals surface area contributed by atoms with Gasteiger partial charge in [-0.05, 0) is 24.6 Å². The van der Waals surface area contributed by atoms with Gasteiger partial charge in [0.25, 0.3) is 0 Å². The van der Waals surface area contributed by atoms with Gasteiger partial charge in [-0.1, -0.05) is 24.3 Å². The van der Waals surface area contributed by atoms with E-state index in [0.717, 1.165) is 35.7 Å². The van der Waals surface area contributed by atoms with Gasteiger partial charge < -0.3 is 14.6 Å². The summed E-state index contributed by atoms with van der Waals surface area (Å²) >= 11 is 0. The lowest BCUT2D eigenvalue weighted by Gasteiger charge is -2.43. The highest BCUT2D eigenvalue weighted by Crippen LogP contribution is 2.27. The number of nitrogens with zero attached hydrogens (tertiary/aromatic N) is 2. The number of furan rings is 1. The molecule has 2 aromatic rings. The molecule has 2 saturated heterocycles. The van der Waals surface area contributed by atoms with E-state index in [1.165, 1.54) is 0 Å². The van der Waals surface area contributed by atoms with Gasteiger partial charge in [-0.2, -0.15) is 0 Å². The third-order valence-electron chi connectivity index (χ3n) is 4.92. The summed E-state index contributed by atoms with van der Waals surface area (Å²) in [5.41, 5.74) is 2.23. The van der Waals surface area contributed by atoms with Gasteiger partial charge in [-0.15, -0.1) is 0 Å². The minimum absolute atomic E-state index is 0.00992. The van der Waals surface area contributed by atoms with E-state index in [2.05, 4.69) is 22.3 Å². The molecular weight excluding hydrogens is 318 g/mol. The summed E-state index contributed by atoms with van der Waals surface area (Å²) in [6, 6.07) is 11.7. The lowest BCUT2D eigenvalue weighted by molar-refractivity contribution is -0.149. The van der Waals surface area contributed by atoms with E-state index in [1.807, 2.05) is 31.2 Å². The van der Waals surface area contributed by atoms with Crippen molar-refractivity contribution in [2.75, 3.05) is 26.2 Å². The molecule has 0 spiro atoms. The van der Waals surface area contributed by atoms with E-state index in [9.17, 15) is 9.59 Å². The molecule has 1 N–H and O–H groups in total. The number of carbonyl (C=O) groups excluding carboxylic acids is 2. The van der Waals surface area contributed by atoms with E-state index < -0.39 is 0 Å². The number of carbonyl (C=O) groups is 2. The maximum atomic E-state index is 12.1. The number of piperazine rings is 2. The Labute approximate surface area is 146 Å². The average molecular weight is 339 g/mol. The molecule has 25 heavy (non-hydrogen) atoms. The van der Waals surface area contributed by atoms with Gasteiger partial charge in [0.2, 0.25) is 11.8 Å². The predicted octanol–water partition coefficient (Wildman–Crippen LogP) is 1.40. The molecule has 1 atom stereocenters. The number of aryl methyl sites for hydroxylation is 1. The largest absolute Gasteiger partial charge is 0.461 e. The fourth-order valence-electron chi connectivity index (χ4n) is 3.61. The Morgan fingerprint density at radius 1 is 1.16 bits per heavy atom. The van der Waals surface area contributed by atoms with Crippen molar-refractivity contribution in [1.82, 2.24) is 15.1 Å². The number of hydrogen-bond acceptors (Lipinski definition) is 4. The molecule has 0 bridgehead atoms. The van der Waals surface area contributed by atoms with E-state index in [0.29, 0.717) is 13.1 Å².